The Morgan fingerprint density at radius 2 is 2.06 bits per heavy atom. The molecule has 0 fully saturated rings. The van der Waals surface area contributed by atoms with Crippen LogP contribution in [0.4, 0.5) is 5.95 Å². The van der Waals surface area contributed by atoms with E-state index in [2.05, 4.69) is 16.9 Å². The maximum Gasteiger partial charge on any atom is 0.338 e. The summed E-state index contributed by atoms with van der Waals surface area (Å²) in [5.74, 6) is 1.80. The van der Waals surface area contributed by atoms with Gasteiger partial charge in [0.05, 0.1) is 19.8 Å². The van der Waals surface area contributed by atoms with Crippen molar-refractivity contribution in [3.05, 3.63) is 82.5 Å². The second kappa shape index (κ2) is 10.9. The van der Waals surface area contributed by atoms with Crippen molar-refractivity contribution in [2.45, 2.75) is 23.9 Å². The van der Waals surface area contributed by atoms with Crippen molar-refractivity contribution in [3.63, 3.8) is 0 Å². The lowest BCUT2D eigenvalue weighted by atomic mass is 9.94. The Bertz CT molecular complexity index is 1290. The zero-order valence-corrected chi connectivity index (χ0v) is 21.2. The molecule has 4 rings (SSSR count). The van der Waals surface area contributed by atoms with E-state index in [1.54, 1.807) is 38.0 Å². The van der Waals surface area contributed by atoms with E-state index in [-0.39, 0.29) is 6.61 Å². The molecule has 35 heavy (non-hydrogen) atoms. The maximum atomic E-state index is 13.1. The Labute approximate surface area is 212 Å². The van der Waals surface area contributed by atoms with Gasteiger partial charge >= 0.3 is 5.97 Å². The number of benzene rings is 2. The van der Waals surface area contributed by atoms with Gasteiger partial charge in [-0.05, 0) is 36.8 Å². The van der Waals surface area contributed by atoms with Gasteiger partial charge in [0.25, 0.3) is 0 Å². The number of methoxy groups -OCH3 is 2. The van der Waals surface area contributed by atoms with Crippen LogP contribution in [0.5, 0.6) is 11.5 Å². The lowest BCUT2D eigenvalue weighted by Crippen LogP contribution is -2.30. The predicted molar refractivity (Wildman–Crippen MR) is 136 cm³/mol. The van der Waals surface area contributed by atoms with Crippen LogP contribution in [0.15, 0.2) is 71.5 Å². The zero-order valence-electron chi connectivity index (χ0n) is 19.6. The third-order valence-corrected chi connectivity index (χ3v) is 6.69. The number of thioether (sulfide) groups is 1. The molecule has 1 atom stereocenters. The number of anilines is 1. The number of carbonyl (C=O) groups excluding carboxylic acids is 1. The predicted octanol–water partition coefficient (Wildman–Crippen LogP) is 5.26. The van der Waals surface area contributed by atoms with E-state index in [9.17, 15) is 4.79 Å². The topological polar surface area (TPSA) is 87.5 Å². The van der Waals surface area contributed by atoms with E-state index >= 15 is 0 Å². The molecule has 182 valence electrons. The van der Waals surface area contributed by atoms with Gasteiger partial charge in [-0.15, -0.1) is 5.10 Å². The average molecular weight is 513 g/mol. The van der Waals surface area contributed by atoms with E-state index < -0.39 is 12.0 Å². The number of hydrogen-bond acceptors (Lipinski definition) is 8. The fourth-order valence-corrected chi connectivity index (χ4v) is 4.88. The van der Waals surface area contributed by atoms with E-state index in [1.807, 2.05) is 30.3 Å². The highest BCUT2D eigenvalue weighted by atomic mass is 35.5. The van der Waals surface area contributed by atoms with Crippen LogP contribution in [0.3, 0.4) is 0 Å². The van der Waals surface area contributed by atoms with Crippen LogP contribution in [0, 0.1) is 0 Å². The molecule has 0 spiro atoms. The second-order valence-corrected chi connectivity index (χ2v) is 8.95. The van der Waals surface area contributed by atoms with Crippen LogP contribution in [-0.4, -0.2) is 41.6 Å². The molecule has 0 saturated heterocycles. The lowest BCUT2D eigenvalue weighted by Gasteiger charge is -2.29. The standard InChI is InChI=1S/C25H25ClN4O4S/c1-5-12-34-23(31)21-15(2)27-24-28-25(35-14-16-8-6-7-9-19(16)26)29-30(24)22(21)18-13-17(32-3)10-11-20(18)33-4/h5-11,13,22H,1,12,14H2,2-4H3,(H,27,28,29). The molecule has 0 amide bonds. The molecular weight excluding hydrogens is 488 g/mol. The maximum absolute atomic E-state index is 13.1. The molecule has 1 aliphatic rings. The molecule has 1 N–H and O–H groups in total. The van der Waals surface area contributed by atoms with Gasteiger partial charge in [0.15, 0.2) is 0 Å². The second-order valence-electron chi connectivity index (χ2n) is 7.60. The van der Waals surface area contributed by atoms with Gasteiger partial charge in [0, 0.05) is 22.0 Å². The highest BCUT2D eigenvalue weighted by Crippen LogP contribution is 2.41. The average Bonchev–Trinajstić information content (AvgIpc) is 3.27. The summed E-state index contributed by atoms with van der Waals surface area (Å²) < 4.78 is 18.2. The number of halogens is 1. The summed E-state index contributed by atoms with van der Waals surface area (Å²) in [6.07, 6.45) is 1.52. The van der Waals surface area contributed by atoms with Crippen LogP contribution in [0.2, 0.25) is 5.02 Å². The summed E-state index contributed by atoms with van der Waals surface area (Å²) in [7, 11) is 3.16. The molecule has 10 heteroatoms. The minimum absolute atomic E-state index is 0.0841. The van der Waals surface area contributed by atoms with Crippen LogP contribution >= 0.6 is 23.4 Å². The summed E-state index contributed by atoms with van der Waals surface area (Å²) >= 11 is 7.76. The van der Waals surface area contributed by atoms with Crippen molar-refractivity contribution >= 4 is 35.3 Å². The van der Waals surface area contributed by atoms with Crippen LogP contribution in [-0.2, 0) is 15.3 Å². The normalized spacial score (nSPS) is 14.7. The summed E-state index contributed by atoms with van der Waals surface area (Å²) in [4.78, 5) is 17.8. The minimum atomic E-state index is -0.657. The fraction of sp³-hybridized carbons (Fsp3) is 0.240. The SMILES string of the molecule is C=CCOC(=O)C1=C(C)Nc2nc(SCc3ccccc3Cl)nn2C1c1cc(OC)ccc1OC. The zero-order chi connectivity index (χ0) is 24.9. The van der Waals surface area contributed by atoms with Crippen LogP contribution in [0.25, 0.3) is 0 Å². The lowest BCUT2D eigenvalue weighted by molar-refractivity contribution is -0.138. The van der Waals surface area contributed by atoms with Crippen molar-refractivity contribution in [1.82, 2.24) is 14.8 Å². The number of allylic oxidation sites excluding steroid dienone is 1. The molecule has 1 unspecified atom stereocenters. The van der Waals surface area contributed by atoms with Crippen molar-refractivity contribution in [2.24, 2.45) is 0 Å². The smallest absolute Gasteiger partial charge is 0.338 e. The molecule has 0 bridgehead atoms. The Kier molecular flexibility index (Phi) is 7.67. The third kappa shape index (κ3) is 5.16. The molecule has 1 aromatic heterocycles. The Morgan fingerprint density at radius 1 is 1.26 bits per heavy atom. The van der Waals surface area contributed by atoms with Gasteiger partial charge in [-0.25, -0.2) is 9.48 Å². The van der Waals surface area contributed by atoms with Gasteiger partial charge in [-0.2, -0.15) is 4.98 Å². The summed E-state index contributed by atoms with van der Waals surface area (Å²) in [6, 6.07) is 12.4. The molecule has 8 nitrogen and oxygen atoms in total. The molecular formula is C25H25ClN4O4S. The first-order chi connectivity index (χ1) is 17.0. The molecule has 2 heterocycles. The number of esters is 1. The van der Waals surface area contributed by atoms with Gasteiger partial charge in [-0.1, -0.05) is 54.2 Å². The number of nitrogens with one attached hydrogen (secondary N) is 1. The van der Waals surface area contributed by atoms with Crippen LogP contribution < -0.4 is 14.8 Å². The van der Waals surface area contributed by atoms with Gasteiger partial charge < -0.3 is 19.5 Å². The van der Waals surface area contributed by atoms with E-state index in [4.69, 9.17) is 30.9 Å². The molecule has 3 aromatic rings. The summed E-state index contributed by atoms with van der Waals surface area (Å²) in [5.41, 5.74) is 2.66. The van der Waals surface area contributed by atoms with Gasteiger partial charge in [0.1, 0.15) is 24.1 Å². The minimum Gasteiger partial charge on any atom is -0.497 e. The van der Waals surface area contributed by atoms with Crippen molar-refractivity contribution in [1.29, 1.82) is 0 Å². The van der Waals surface area contributed by atoms with Crippen LogP contribution in [0.1, 0.15) is 24.1 Å². The number of carbonyl (C=O) groups is 1. The monoisotopic (exact) mass is 512 g/mol. The number of ether oxygens (including phenoxy) is 3. The Hall–Kier alpha value is -3.43. The van der Waals surface area contributed by atoms with Gasteiger partial charge in [0.2, 0.25) is 11.1 Å². The summed E-state index contributed by atoms with van der Waals surface area (Å²) in [6.45, 7) is 5.52. The van der Waals surface area contributed by atoms with E-state index in [1.165, 1.54) is 17.8 Å². The largest absolute Gasteiger partial charge is 0.497 e. The number of nitrogens with zero attached hydrogens (tertiary/aromatic N) is 3. The molecule has 2 aromatic carbocycles. The van der Waals surface area contributed by atoms with E-state index in [0.717, 1.165) is 5.56 Å². The molecule has 1 aliphatic heterocycles. The Balaban J connectivity index is 1.77. The first-order valence-corrected chi connectivity index (χ1v) is 12.1. The highest BCUT2D eigenvalue weighted by molar-refractivity contribution is 7.98. The quantitative estimate of drug-likeness (QED) is 0.236. The summed E-state index contributed by atoms with van der Waals surface area (Å²) in [5, 5.41) is 9.15. The van der Waals surface area contributed by atoms with E-state index in [0.29, 0.717) is 50.2 Å². The third-order valence-electron chi connectivity index (χ3n) is 5.43. The molecule has 0 aliphatic carbocycles. The highest BCUT2D eigenvalue weighted by Gasteiger charge is 2.37. The van der Waals surface area contributed by atoms with Crippen molar-refractivity contribution in [2.75, 3.05) is 26.1 Å². The molecule has 0 saturated carbocycles. The van der Waals surface area contributed by atoms with Gasteiger partial charge in [-0.3, -0.25) is 0 Å². The number of aromatic nitrogens is 3. The number of rotatable bonds is 9. The number of fused-ring (bicyclic) bond motifs is 1. The Morgan fingerprint density at radius 3 is 2.77 bits per heavy atom. The number of hydrogen-bond donors (Lipinski definition) is 1. The fourth-order valence-electron chi connectivity index (χ4n) is 3.77. The first-order valence-electron chi connectivity index (χ1n) is 10.8. The molecule has 0 radical (unpaired) electrons. The van der Waals surface area contributed by atoms with Crippen molar-refractivity contribution in [3.8, 4) is 11.5 Å². The van der Waals surface area contributed by atoms with Crippen molar-refractivity contribution < 1.29 is 19.0 Å². The first kappa shape index (κ1) is 24.7.